The van der Waals surface area contributed by atoms with Crippen molar-refractivity contribution in [2.45, 2.75) is 26.3 Å². The van der Waals surface area contributed by atoms with Crippen molar-refractivity contribution in [3.63, 3.8) is 0 Å². The van der Waals surface area contributed by atoms with Crippen molar-refractivity contribution < 1.29 is 14.3 Å². The van der Waals surface area contributed by atoms with Gasteiger partial charge in [0.1, 0.15) is 11.5 Å². The highest BCUT2D eigenvalue weighted by molar-refractivity contribution is 9.09. The highest BCUT2D eigenvalue weighted by Crippen LogP contribution is 2.24. The minimum atomic E-state index is -0.130. The van der Waals surface area contributed by atoms with Gasteiger partial charge < -0.3 is 14.8 Å². The molecule has 0 aliphatic rings. The molecular formula is C15H22BrNO3. The number of halogens is 1. The lowest BCUT2D eigenvalue weighted by molar-refractivity contribution is 0.0934. The van der Waals surface area contributed by atoms with Gasteiger partial charge in [-0.15, -0.1) is 0 Å². The average Bonchev–Trinajstić information content (AvgIpc) is 2.45. The molecule has 0 saturated heterocycles. The molecule has 0 spiro atoms. The van der Waals surface area contributed by atoms with Crippen LogP contribution in [-0.4, -0.2) is 31.5 Å². The summed E-state index contributed by atoms with van der Waals surface area (Å²) < 4.78 is 10.4. The van der Waals surface area contributed by atoms with E-state index in [1.54, 1.807) is 32.4 Å². The molecule has 20 heavy (non-hydrogen) atoms. The van der Waals surface area contributed by atoms with E-state index >= 15 is 0 Å². The fourth-order valence-corrected chi connectivity index (χ4v) is 2.40. The molecule has 1 aromatic rings. The van der Waals surface area contributed by atoms with Crippen LogP contribution >= 0.6 is 15.9 Å². The minimum Gasteiger partial charge on any atom is -0.497 e. The Kier molecular flexibility index (Phi) is 6.85. The van der Waals surface area contributed by atoms with Crippen LogP contribution in [0, 0.1) is 5.92 Å². The summed E-state index contributed by atoms with van der Waals surface area (Å²) in [4.78, 5) is 12.3. The van der Waals surface area contributed by atoms with E-state index in [9.17, 15) is 4.79 Å². The Bertz CT molecular complexity index is 449. The van der Waals surface area contributed by atoms with Crippen molar-refractivity contribution in [1.82, 2.24) is 5.32 Å². The molecule has 0 aliphatic heterocycles. The van der Waals surface area contributed by atoms with Crippen molar-refractivity contribution in [3.8, 4) is 11.5 Å². The molecule has 5 heteroatoms. The van der Waals surface area contributed by atoms with Crippen LogP contribution in [0.15, 0.2) is 18.2 Å². The molecule has 1 rings (SSSR count). The first-order chi connectivity index (χ1) is 9.51. The first kappa shape index (κ1) is 16.8. The van der Waals surface area contributed by atoms with Gasteiger partial charge in [-0.25, -0.2) is 0 Å². The minimum absolute atomic E-state index is 0.106. The van der Waals surface area contributed by atoms with E-state index in [-0.39, 0.29) is 11.9 Å². The zero-order valence-corrected chi connectivity index (χ0v) is 14.0. The van der Waals surface area contributed by atoms with Crippen molar-refractivity contribution in [1.29, 1.82) is 0 Å². The molecule has 0 aliphatic carbocycles. The summed E-state index contributed by atoms with van der Waals surface area (Å²) in [5.74, 6) is 1.57. The molecule has 1 amide bonds. The van der Waals surface area contributed by atoms with Crippen LogP contribution in [0.25, 0.3) is 0 Å². The first-order valence-electron chi connectivity index (χ1n) is 6.60. The molecule has 4 nitrogen and oxygen atoms in total. The second-order valence-electron chi connectivity index (χ2n) is 5.02. The van der Waals surface area contributed by atoms with Crippen molar-refractivity contribution in [2.75, 3.05) is 19.5 Å². The van der Waals surface area contributed by atoms with E-state index < -0.39 is 0 Å². The van der Waals surface area contributed by atoms with Crippen LogP contribution in [-0.2, 0) is 0 Å². The molecule has 0 heterocycles. The van der Waals surface area contributed by atoms with Gasteiger partial charge in [-0.3, -0.25) is 4.79 Å². The lowest BCUT2D eigenvalue weighted by Crippen LogP contribution is -2.37. The smallest absolute Gasteiger partial charge is 0.255 e. The zero-order valence-electron chi connectivity index (χ0n) is 12.4. The van der Waals surface area contributed by atoms with Gasteiger partial charge in [0, 0.05) is 17.4 Å². The van der Waals surface area contributed by atoms with Crippen LogP contribution in [0.1, 0.15) is 30.6 Å². The van der Waals surface area contributed by atoms with Gasteiger partial charge in [0.2, 0.25) is 0 Å². The molecule has 1 unspecified atom stereocenters. The number of ether oxygens (including phenoxy) is 2. The number of hydrogen-bond donors (Lipinski definition) is 1. The van der Waals surface area contributed by atoms with Gasteiger partial charge in [-0.1, -0.05) is 29.8 Å². The summed E-state index contributed by atoms with van der Waals surface area (Å²) in [7, 11) is 3.12. The predicted molar refractivity (Wildman–Crippen MR) is 84.0 cm³/mol. The third kappa shape index (κ3) is 4.71. The molecule has 1 atom stereocenters. The van der Waals surface area contributed by atoms with Crippen molar-refractivity contribution in [3.05, 3.63) is 23.8 Å². The molecular weight excluding hydrogens is 322 g/mol. The van der Waals surface area contributed by atoms with Crippen molar-refractivity contribution in [2.24, 2.45) is 5.92 Å². The third-order valence-corrected chi connectivity index (χ3v) is 3.71. The molecule has 0 fully saturated rings. The van der Waals surface area contributed by atoms with E-state index in [4.69, 9.17) is 9.47 Å². The Balaban J connectivity index is 2.85. The van der Waals surface area contributed by atoms with Crippen LogP contribution in [0.3, 0.4) is 0 Å². The standard InChI is InChI=1S/C15H22BrNO3/c1-10(2)7-11(9-16)17-15(18)13-6-5-12(19-3)8-14(13)20-4/h5-6,8,10-11H,7,9H2,1-4H3,(H,17,18). The molecule has 1 aromatic carbocycles. The molecule has 0 bridgehead atoms. The van der Waals surface area contributed by atoms with Gasteiger partial charge in [0.25, 0.3) is 5.91 Å². The topological polar surface area (TPSA) is 47.6 Å². The van der Waals surface area contributed by atoms with Crippen LogP contribution in [0.2, 0.25) is 0 Å². The second kappa shape index (κ2) is 8.15. The number of rotatable bonds is 7. The van der Waals surface area contributed by atoms with E-state index in [1.807, 2.05) is 0 Å². The largest absolute Gasteiger partial charge is 0.497 e. The van der Waals surface area contributed by atoms with Gasteiger partial charge in [0.15, 0.2) is 0 Å². The number of nitrogens with one attached hydrogen (secondary N) is 1. The summed E-state index contributed by atoms with van der Waals surface area (Å²) >= 11 is 3.44. The lowest BCUT2D eigenvalue weighted by atomic mass is 10.0. The number of amides is 1. The molecule has 1 N–H and O–H groups in total. The Morgan fingerprint density at radius 1 is 1.30 bits per heavy atom. The lowest BCUT2D eigenvalue weighted by Gasteiger charge is -2.19. The summed E-state index contributed by atoms with van der Waals surface area (Å²) in [6.45, 7) is 4.27. The summed E-state index contributed by atoms with van der Waals surface area (Å²) in [5, 5.41) is 3.75. The zero-order chi connectivity index (χ0) is 15.1. The fourth-order valence-electron chi connectivity index (χ4n) is 1.98. The number of alkyl halides is 1. The number of carbonyl (C=O) groups is 1. The SMILES string of the molecule is COc1ccc(C(=O)NC(CBr)CC(C)C)c(OC)c1. The predicted octanol–water partition coefficient (Wildman–Crippen LogP) is 3.24. The Hall–Kier alpha value is -1.23. The third-order valence-electron chi connectivity index (χ3n) is 2.93. The fraction of sp³-hybridized carbons (Fsp3) is 0.533. The maximum absolute atomic E-state index is 12.3. The number of benzene rings is 1. The Morgan fingerprint density at radius 2 is 2.00 bits per heavy atom. The number of hydrogen-bond acceptors (Lipinski definition) is 3. The van der Waals surface area contributed by atoms with E-state index in [2.05, 4.69) is 35.1 Å². The number of methoxy groups -OCH3 is 2. The molecule has 0 radical (unpaired) electrons. The second-order valence-corrected chi connectivity index (χ2v) is 5.67. The molecule has 112 valence electrons. The number of carbonyl (C=O) groups excluding carboxylic acids is 1. The van der Waals surface area contributed by atoms with E-state index in [1.165, 1.54) is 0 Å². The monoisotopic (exact) mass is 343 g/mol. The maximum atomic E-state index is 12.3. The van der Waals surface area contributed by atoms with Crippen LogP contribution in [0.5, 0.6) is 11.5 Å². The quantitative estimate of drug-likeness (QED) is 0.773. The van der Waals surface area contributed by atoms with Gasteiger partial charge in [0.05, 0.1) is 19.8 Å². The Labute approximate surface area is 129 Å². The van der Waals surface area contributed by atoms with E-state index in [0.717, 1.165) is 11.8 Å². The summed E-state index contributed by atoms with van der Waals surface area (Å²) in [5.41, 5.74) is 0.517. The molecule has 0 aromatic heterocycles. The highest BCUT2D eigenvalue weighted by atomic mass is 79.9. The first-order valence-corrected chi connectivity index (χ1v) is 7.72. The highest BCUT2D eigenvalue weighted by Gasteiger charge is 2.17. The van der Waals surface area contributed by atoms with Gasteiger partial charge in [-0.2, -0.15) is 0 Å². The maximum Gasteiger partial charge on any atom is 0.255 e. The summed E-state index contributed by atoms with van der Waals surface area (Å²) in [6.07, 6.45) is 0.926. The van der Waals surface area contributed by atoms with Gasteiger partial charge in [-0.05, 0) is 24.5 Å². The molecule has 0 saturated carbocycles. The summed E-state index contributed by atoms with van der Waals surface area (Å²) in [6, 6.07) is 5.28. The van der Waals surface area contributed by atoms with E-state index in [0.29, 0.717) is 23.0 Å². The van der Waals surface area contributed by atoms with Crippen LogP contribution < -0.4 is 14.8 Å². The van der Waals surface area contributed by atoms with Crippen LogP contribution in [0.4, 0.5) is 0 Å². The average molecular weight is 344 g/mol. The van der Waals surface area contributed by atoms with Gasteiger partial charge >= 0.3 is 0 Å². The normalized spacial score (nSPS) is 12.1. The Morgan fingerprint density at radius 3 is 2.50 bits per heavy atom. The van der Waals surface area contributed by atoms with Crippen molar-refractivity contribution >= 4 is 21.8 Å².